The number of nitrogens with zero attached hydrogens (tertiary/aromatic N) is 1. The summed E-state index contributed by atoms with van der Waals surface area (Å²) in [6.07, 6.45) is -0.753. The third-order valence-corrected chi connectivity index (χ3v) is 2.17. The Kier molecular flexibility index (Phi) is 3.31. The maximum atomic E-state index is 11.8. The van der Waals surface area contributed by atoms with Crippen LogP contribution in [-0.2, 0) is 14.3 Å². The molecule has 0 N–H and O–H groups in total. The lowest BCUT2D eigenvalue weighted by Crippen LogP contribution is -2.43. The van der Waals surface area contributed by atoms with Crippen molar-refractivity contribution in [3.63, 3.8) is 0 Å². The van der Waals surface area contributed by atoms with Crippen LogP contribution in [0, 0.1) is 0 Å². The molecule has 5 nitrogen and oxygen atoms in total. The standard InChI is InChI=1S/C11H19NO4/c1-11(2,3)16-10(14)12-7-5-6-8(12)9(13)15-4/h8H,5-7H2,1-4H3/t8-/m0/s1/i6D/t6-,8+/m1. The molecule has 1 saturated heterocycles. The van der Waals surface area contributed by atoms with Gasteiger partial charge in [-0.2, -0.15) is 0 Å². The van der Waals surface area contributed by atoms with E-state index in [0.29, 0.717) is 13.0 Å². The normalized spacial score (nSPS) is 26.2. The number of likely N-dealkylation sites (tertiary alicyclic amines) is 1. The minimum absolute atomic E-state index is 0.350. The third-order valence-electron chi connectivity index (χ3n) is 2.17. The number of hydrogen-bond acceptors (Lipinski definition) is 4. The average molecular weight is 230 g/mol. The number of hydrogen-bond donors (Lipinski definition) is 0. The molecule has 1 aliphatic heterocycles. The summed E-state index contributed by atoms with van der Waals surface area (Å²) in [7, 11) is 1.25. The highest BCUT2D eigenvalue weighted by atomic mass is 16.6. The molecule has 2 atom stereocenters. The molecule has 0 saturated carbocycles. The molecule has 92 valence electrons. The van der Waals surface area contributed by atoms with E-state index in [0.717, 1.165) is 0 Å². The summed E-state index contributed by atoms with van der Waals surface area (Å²) in [5, 5.41) is 0. The summed E-state index contributed by atoms with van der Waals surface area (Å²) >= 11 is 0. The van der Waals surface area contributed by atoms with Gasteiger partial charge in [0.1, 0.15) is 11.6 Å². The van der Waals surface area contributed by atoms with E-state index >= 15 is 0 Å². The fourth-order valence-corrected chi connectivity index (χ4v) is 1.51. The minimum atomic E-state index is -0.852. The molecular weight excluding hydrogens is 210 g/mol. The van der Waals surface area contributed by atoms with E-state index in [1.165, 1.54) is 12.0 Å². The van der Waals surface area contributed by atoms with Crippen molar-refractivity contribution in [2.45, 2.75) is 45.2 Å². The Labute approximate surface area is 97.1 Å². The van der Waals surface area contributed by atoms with Crippen molar-refractivity contribution in [1.29, 1.82) is 0 Å². The van der Waals surface area contributed by atoms with E-state index in [4.69, 9.17) is 6.11 Å². The second-order valence-corrected chi connectivity index (χ2v) is 4.67. The fourth-order valence-electron chi connectivity index (χ4n) is 1.51. The van der Waals surface area contributed by atoms with Crippen LogP contribution in [0.15, 0.2) is 0 Å². The van der Waals surface area contributed by atoms with Crippen LogP contribution in [0.25, 0.3) is 0 Å². The first-order chi connectivity index (χ1) is 7.76. The molecule has 0 aromatic rings. The van der Waals surface area contributed by atoms with E-state index in [2.05, 4.69) is 4.74 Å². The molecule has 0 radical (unpaired) electrons. The first-order valence-corrected chi connectivity index (χ1v) is 5.26. The topological polar surface area (TPSA) is 55.8 Å². The maximum Gasteiger partial charge on any atom is 0.411 e. The van der Waals surface area contributed by atoms with Crippen LogP contribution in [0.4, 0.5) is 4.79 Å². The van der Waals surface area contributed by atoms with Gasteiger partial charge in [-0.1, -0.05) is 0 Å². The molecule has 1 heterocycles. The predicted octanol–water partition coefficient (Wildman–Crippen LogP) is 1.56. The van der Waals surface area contributed by atoms with Crippen molar-refractivity contribution in [2.75, 3.05) is 13.7 Å². The predicted molar refractivity (Wildman–Crippen MR) is 58.0 cm³/mol. The number of carbonyl (C=O) groups is 2. The lowest BCUT2D eigenvalue weighted by Gasteiger charge is -2.27. The van der Waals surface area contributed by atoms with Crippen LogP contribution in [0.3, 0.4) is 0 Å². The summed E-state index contributed by atoms with van der Waals surface area (Å²) in [6.45, 7) is 5.62. The van der Waals surface area contributed by atoms with Crippen molar-refractivity contribution in [3.8, 4) is 0 Å². The average Bonchev–Trinajstić information content (AvgIpc) is 2.56. The minimum Gasteiger partial charge on any atom is -0.467 e. The zero-order valence-corrected chi connectivity index (χ0v) is 10.1. The second-order valence-electron chi connectivity index (χ2n) is 4.67. The molecule has 5 heteroatoms. The molecule has 0 spiro atoms. The van der Waals surface area contributed by atoms with E-state index < -0.39 is 30.1 Å². The summed E-state index contributed by atoms with van der Waals surface area (Å²) in [6, 6.07) is -0.852. The number of ether oxygens (including phenoxy) is 2. The number of rotatable bonds is 1. The Hall–Kier alpha value is -1.26. The van der Waals surface area contributed by atoms with Gasteiger partial charge < -0.3 is 9.47 Å². The summed E-state index contributed by atoms with van der Waals surface area (Å²) in [5.74, 6) is -0.562. The smallest absolute Gasteiger partial charge is 0.411 e. The van der Waals surface area contributed by atoms with Gasteiger partial charge in [-0.05, 0) is 33.6 Å². The van der Waals surface area contributed by atoms with Gasteiger partial charge in [0.15, 0.2) is 0 Å². The van der Waals surface area contributed by atoms with E-state index in [-0.39, 0.29) is 0 Å². The van der Waals surface area contributed by atoms with Crippen LogP contribution >= 0.6 is 0 Å². The van der Waals surface area contributed by atoms with E-state index in [1.54, 1.807) is 20.8 Å². The van der Waals surface area contributed by atoms with Crippen molar-refractivity contribution in [1.82, 2.24) is 4.90 Å². The van der Waals surface area contributed by atoms with E-state index in [1.807, 2.05) is 0 Å². The van der Waals surface area contributed by atoms with Crippen LogP contribution in [-0.4, -0.2) is 42.3 Å². The lowest BCUT2D eigenvalue weighted by molar-refractivity contribution is -0.145. The van der Waals surface area contributed by atoms with Gasteiger partial charge in [0.25, 0.3) is 0 Å². The van der Waals surface area contributed by atoms with Crippen molar-refractivity contribution in [3.05, 3.63) is 0 Å². The zero-order valence-electron chi connectivity index (χ0n) is 11.1. The highest BCUT2D eigenvalue weighted by Gasteiger charge is 2.37. The van der Waals surface area contributed by atoms with E-state index in [9.17, 15) is 9.59 Å². The molecule has 0 bridgehead atoms. The van der Waals surface area contributed by atoms with Gasteiger partial charge in [0.05, 0.1) is 7.11 Å². The Morgan fingerprint density at radius 1 is 1.44 bits per heavy atom. The first-order valence-electron chi connectivity index (χ1n) is 5.83. The first kappa shape index (κ1) is 11.2. The molecule has 1 fully saturated rings. The van der Waals surface area contributed by atoms with Crippen LogP contribution in [0.1, 0.15) is 35.0 Å². The number of amides is 1. The Morgan fingerprint density at radius 3 is 2.56 bits per heavy atom. The van der Waals surface area contributed by atoms with Crippen LogP contribution < -0.4 is 0 Å². The highest BCUT2D eigenvalue weighted by Crippen LogP contribution is 2.21. The molecule has 1 rings (SSSR count). The highest BCUT2D eigenvalue weighted by molar-refractivity contribution is 5.82. The Balaban J connectivity index is 2.76. The summed E-state index contributed by atoms with van der Waals surface area (Å²) in [4.78, 5) is 24.6. The molecule has 1 amide bonds. The molecular formula is C11H19NO4. The molecule has 0 aromatic carbocycles. The van der Waals surface area contributed by atoms with Gasteiger partial charge in [0, 0.05) is 7.92 Å². The molecule has 0 aromatic heterocycles. The summed E-state index contributed by atoms with van der Waals surface area (Å²) < 4.78 is 17.5. The Bertz CT molecular complexity index is 313. The van der Waals surface area contributed by atoms with Crippen LogP contribution in [0.5, 0.6) is 0 Å². The number of carbonyl (C=O) groups excluding carboxylic acids is 2. The van der Waals surface area contributed by atoms with Crippen LogP contribution in [0.2, 0.25) is 0 Å². The molecule has 0 aliphatic carbocycles. The van der Waals surface area contributed by atoms with Gasteiger partial charge in [-0.25, -0.2) is 9.59 Å². The molecule has 1 aliphatic rings. The number of methoxy groups -OCH3 is 1. The molecule has 0 unspecified atom stereocenters. The Morgan fingerprint density at radius 2 is 2.06 bits per heavy atom. The van der Waals surface area contributed by atoms with Crippen molar-refractivity contribution in [2.24, 2.45) is 0 Å². The monoisotopic (exact) mass is 230 g/mol. The number of esters is 1. The lowest BCUT2D eigenvalue weighted by atomic mass is 10.2. The zero-order chi connectivity index (χ0) is 13.2. The maximum absolute atomic E-state index is 11.8. The SMILES string of the molecule is [2H][C@@H]1CCN(C(=O)OC(C)(C)C)[C@@H]1C(=O)OC. The van der Waals surface area contributed by atoms with Crippen molar-refractivity contribution >= 4 is 12.1 Å². The van der Waals surface area contributed by atoms with Crippen molar-refractivity contribution < 1.29 is 20.4 Å². The van der Waals surface area contributed by atoms with Gasteiger partial charge in [-0.3, -0.25) is 4.90 Å². The largest absolute Gasteiger partial charge is 0.467 e. The third kappa shape index (κ3) is 3.12. The molecule has 16 heavy (non-hydrogen) atoms. The quantitative estimate of drug-likeness (QED) is 0.641. The van der Waals surface area contributed by atoms with Gasteiger partial charge in [0.2, 0.25) is 0 Å². The second kappa shape index (κ2) is 4.72. The summed E-state index contributed by atoms with van der Waals surface area (Å²) in [5.41, 5.74) is -0.613. The van der Waals surface area contributed by atoms with Gasteiger partial charge in [-0.15, -0.1) is 0 Å². The fraction of sp³-hybridized carbons (Fsp3) is 0.818. The van der Waals surface area contributed by atoms with Gasteiger partial charge >= 0.3 is 12.1 Å².